The Labute approximate surface area is 146 Å². The summed E-state index contributed by atoms with van der Waals surface area (Å²) in [5.74, 6) is 2.64. The van der Waals surface area contributed by atoms with Crippen molar-refractivity contribution in [2.45, 2.75) is 46.0 Å². The van der Waals surface area contributed by atoms with E-state index < -0.39 is 0 Å². The molecule has 3 rings (SSSR count). The summed E-state index contributed by atoms with van der Waals surface area (Å²) in [7, 11) is 0. The lowest BCUT2D eigenvalue weighted by Gasteiger charge is -2.34. The predicted molar refractivity (Wildman–Crippen MR) is 99.0 cm³/mol. The van der Waals surface area contributed by atoms with Crippen LogP contribution < -0.4 is 5.32 Å². The van der Waals surface area contributed by atoms with Crippen molar-refractivity contribution in [2.75, 3.05) is 26.2 Å². The van der Waals surface area contributed by atoms with Gasteiger partial charge in [0.15, 0.2) is 0 Å². The van der Waals surface area contributed by atoms with Crippen molar-refractivity contribution in [3.8, 4) is 0 Å². The summed E-state index contributed by atoms with van der Waals surface area (Å²) >= 11 is 0. The molecule has 0 aromatic heterocycles. The van der Waals surface area contributed by atoms with Crippen LogP contribution in [0.25, 0.3) is 0 Å². The van der Waals surface area contributed by atoms with Gasteiger partial charge in [-0.25, -0.2) is 0 Å². The molecule has 2 heterocycles. The molecule has 2 fully saturated rings. The lowest BCUT2D eigenvalue weighted by Crippen LogP contribution is -2.41. The predicted octanol–water partition coefficient (Wildman–Crippen LogP) is 3.28. The van der Waals surface area contributed by atoms with Crippen molar-refractivity contribution in [1.82, 2.24) is 10.2 Å². The third kappa shape index (κ3) is 4.60. The van der Waals surface area contributed by atoms with E-state index in [-0.39, 0.29) is 0 Å². The molecule has 0 spiro atoms. The number of piperidine rings is 1. The van der Waals surface area contributed by atoms with Gasteiger partial charge >= 0.3 is 0 Å². The Hall–Kier alpha value is -1.35. The second-order valence-corrected chi connectivity index (χ2v) is 8.06. The molecule has 1 aromatic carbocycles. The quantitative estimate of drug-likeness (QED) is 0.900. The summed E-state index contributed by atoms with van der Waals surface area (Å²) in [6.45, 7) is 8.74. The molecule has 3 heteroatoms. The minimum absolute atomic E-state index is 0.301. The highest BCUT2D eigenvalue weighted by atomic mass is 16.2. The van der Waals surface area contributed by atoms with Crippen LogP contribution in [0.15, 0.2) is 24.3 Å². The largest absolute Gasteiger partial charge is 0.342 e. The number of hydrogen-bond acceptors (Lipinski definition) is 2. The fraction of sp³-hybridized carbons (Fsp3) is 0.667. The van der Waals surface area contributed by atoms with Gasteiger partial charge in [0.05, 0.1) is 6.42 Å². The molecular weight excluding hydrogens is 296 g/mol. The zero-order valence-corrected chi connectivity index (χ0v) is 15.3. The Balaban J connectivity index is 1.47. The number of hydrogen-bond donors (Lipinski definition) is 1. The standard InChI is InChI=1S/C21H32N2O/c1-16(2)13-17-3-5-18(6-4-17)14-21(24)23-11-8-19(9-12-23)20-7-10-22-15-20/h3-6,16,19-20,22H,7-15H2,1-2H3. The van der Waals surface area contributed by atoms with Crippen LogP contribution >= 0.6 is 0 Å². The molecule has 3 nitrogen and oxygen atoms in total. The second kappa shape index (κ2) is 8.15. The molecule has 24 heavy (non-hydrogen) atoms. The molecule has 0 bridgehead atoms. The molecule has 0 aliphatic carbocycles. The third-order valence-corrected chi connectivity index (χ3v) is 5.68. The topological polar surface area (TPSA) is 32.3 Å². The molecule has 1 amide bonds. The number of nitrogens with zero attached hydrogens (tertiary/aromatic N) is 1. The van der Waals surface area contributed by atoms with Crippen molar-refractivity contribution in [2.24, 2.45) is 17.8 Å². The Bertz CT molecular complexity index is 523. The average Bonchev–Trinajstić information content (AvgIpc) is 3.11. The number of carbonyl (C=O) groups excluding carboxylic acids is 1. The van der Waals surface area contributed by atoms with E-state index in [0.29, 0.717) is 18.2 Å². The Morgan fingerprint density at radius 1 is 1.08 bits per heavy atom. The average molecular weight is 329 g/mol. The van der Waals surface area contributed by atoms with Crippen molar-refractivity contribution >= 4 is 5.91 Å². The molecule has 1 aromatic rings. The minimum Gasteiger partial charge on any atom is -0.342 e. The van der Waals surface area contributed by atoms with Crippen molar-refractivity contribution in [1.29, 1.82) is 0 Å². The molecule has 2 aliphatic rings. The van der Waals surface area contributed by atoms with Gasteiger partial charge < -0.3 is 10.2 Å². The van der Waals surface area contributed by atoms with E-state index in [9.17, 15) is 4.79 Å². The summed E-state index contributed by atoms with van der Waals surface area (Å²) < 4.78 is 0. The van der Waals surface area contributed by atoms with Gasteiger partial charge in [-0.05, 0) is 67.7 Å². The molecule has 132 valence electrons. The summed E-state index contributed by atoms with van der Waals surface area (Å²) in [6.07, 6.45) is 5.35. The van der Waals surface area contributed by atoms with Crippen LogP contribution in [-0.4, -0.2) is 37.0 Å². The Morgan fingerprint density at radius 3 is 2.33 bits per heavy atom. The van der Waals surface area contributed by atoms with E-state index in [2.05, 4.69) is 48.3 Å². The van der Waals surface area contributed by atoms with Crippen molar-refractivity contribution in [3.05, 3.63) is 35.4 Å². The number of amides is 1. The van der Waals surface area contributed by atoms with Crippen LogP contribution in [0.2, 0.25) is 0 Å². The first-order valence-corrected chi connectivity index (χ1v) is 9.68. The zero-order chi connectivity index (χ0) is 16.9. The molecule has 1 atom stereocenters. The minimum atomic E-state index is 0.301. The molecule has 1 unspecified atom stereocenters. The first-order chi connectivity index (χ1) is 11.6. The fourth-order valence-corrected chi connectivity index (χ4v) is 4.25. The van der Waals surface area contributed by atoms with Crippen molar-refractivity contribution < 1.29 is 4.79 Å². The van der Waals surface area contributed by atoms with Gasteiger partial charge in [-0.3, -0.25) is 4.79 Å². The first kappa shape index (κ1) is 17.5. The molecule has 0 saturated carbocycles. The van der Waals surface area contributed by atoms with E-state index >= 15 is 0 Å². The van der Waals surface area contributed by atoms with Crippen LogP contribution in [0.4, 0.5) is 0 Å². The first-order valence-electron chi connectivity index (χ1n) is 9.68. The summed E-state index contributed by atoms with van der Waals surface area (Å²) in [6, 6.07) is 8.63. The number of nitrogens with one attached hydrogen (secondary N) is 1. The maximum Gasteiger partial charge on any atom is 0.226 e. The van der Waals surface area contributed by atoms with Gasteiger partial charge in [0, 0.05) is 13.1 Å². The highest BCUT2D eigenvalue weighted by molar-refractivity contribution is 5.78. The zero-order valence-electron chi connectivity index (χ0n) is 15.3. The van der Waals surface area contributed by atoms with Gasteiger partial charge in [0.25, 0.3) is 0 Å². The Morgan fingerprint density at radius 2 is 1.75 bits per heavy atom. The fourth-order valence-electron chi connectivity index (χ4n) is 4.25. The molecule has 2 aliphatic heterocycles. The van der Waals surface area contributed by atoms with E-state index in [1.165, 1.54) is 37.9 Å². The number of rotatable bonds is 5. The summed E-state index contributed by atoms with van der Waals surface area (Å²) in [4.78, 5) is 14.7. The monoisotopic (exact) mass is 328 g/mol. The highest BCUT2D eigenvalue weighted by Crippen LogP contribution is 2.29. The number of benzene rings is 1. The number of likely N-dealkylation sites (tertiary alicyclic amines) is 1. The maximum atomic E-state index is 12.6. The van der Waals surface area contributed by atoms with Crippen molar-refractivity contribution in [3.63, 3.8) is 0 Å². The lowest BCUT2D eigenvalue weighted by molar-refractivity contribution is -0.132. The van der Waals surface area contributed by atoms with Crippen LogP contribution in [0, 0.1) is 17.8 Å². The van der Waals surface area contributed by atoms with Gasteiger partial charge in [-0.15, -0.1) is 0 Å². The van der Waals surface area contributed by atoms with Crippen LogP contribution in [0.1, 0.15) is 44.2 Å². The van der Waals surface area contributed by atoms with Crippen LogP contribution in [0.5, 0.6) is 0 Å². The maximum absolute atomic E-state index is 12.6. The van der Waals surface area contributed by atoms with Crippen LogP contribution in [-0.2, 0) is 17.6 Å². The third-order valence-electron chi connectivity index (χ3n) is 5.68. The summed E-state index contributed by atoms with van der Waals surface area (Å²) in [5.41, 5.74) is 2.52. The molecule has 0 radical (unpaired) electrons. The van der Waals surface area contributed by atoms with Crippen LogP contribution in [0.3, 0.4) is 0 Å². The number of carbonyl (C=O) groups is 1. The highest BCUT2D eigenvalue weighted by Gasteiger charge is 2.29. The second-order valence-electron chi connectivity index (χ2n) is 8.06. The summed E-state index contributed by atoms with van der Waals surface area (Å²) in [5, 5.41) is 3.47. The molecule has 2 saturated heterocycles. The Kier molecular flexibility index (Phi) is 5.94. The van der Waals surface area contributed by atoms with E-state index in [1.54, 1.807) is 0 Å². The SMILES string of the molecule is CC(C)Cc1ccc(CC(=O)N2CCC(C3CCNC3)CC2)cc1. The van der Waals surface area contributed by atoms with Gasteiger partial charge in [-0.2, -0.15) is 0 Å². The van der Waals surface area contributed by atoms with E-state index in [4.69, 9.17) is 0 Å². The van der Waals surface area contributed by atoms with E-state index in [1.807, 2.05) is 0 Å². The normalized spacial score (nSPS) is 22.3. The van der Waals surface area contributed by atoms with Gasteiger partial charge in [-0.1, -0.05) is 38.1 Å². The molecular formula is C21H32N2O. The van der Waals surface area contributed by atoms with Gasteiger partial charge in [0.1, 0.15) is 0 Å². The lowest BCUT2D eigenvalue weighted by atomic mass is 9.83. The molecule has 1 N–H and O–H groups in total. The van der Waals surface area contributed by atoms with Gasteiger partial charge in [0.2, 0.25) is 5.91 Å². The smallest absolute Gasteiger partial charge is 0.226 e. The van der Waals surface area contributed by atoms with E-state index in [0.717, 1.165) is 36.9 Å².